The zero-order valence-corrected chi connectivity index (χ0v) is 12.9. The van der Waals surface area contributed by atoms with Crippen LogP contribution in [0.25, 0.3) is 0 Å². The van der Waals surface area contributed by atoms with E-state index in [4.69, 9.17) is 4.74 Å². The smallest absolute Gasteiger partial charge is 0.127 e. The molecule has 0 aliphatic rings. The van der Waals surface area contributed by atoms with Crippen molar-refractivity contribution in [3.05, 3.63) is 64.5 Å². The summed E-state index contributed by atoms with van der Waals surface area (Å²) in [4.78, 5) is 0. The molecule has 3 heteroatoms. The van der Waals surface area contributed by atoms with E-state index >= 15 is 0 Å². The quantitative estimate of drug-likeness (QED) is 0.862. The van der Waals surface area contributed by atoms with Gasteiger partial charge < -0.3 is 10.1 Å². The Bertz CT molecular complexity index is 610. The summed E-state index contributed by atoms with van der Waals surface area (Å²) in [5.41, 5.74) is 4.41. The fourth-order valence-corrected chi connectivity index (χ4v) is 2.19. The number of aryl methyl sites for hydroxylation is 2. The van der Waals surface area contributed by atoms with Gasteiger partial charge in [-0.25, -0.2) is 4.39 Å². The number of hydrogen-bond donors (Lipinski definition) is 1. The van der Waals surface area contributed by atoms with Gasteiger partial charge in [-0.05, 0) is 49.2 Å². The summed E-state index contributed by atoms with van der Waals surface area (Å²) in [6.45, 7) is 8.10. The van der Waals surface area contributed by atoms with Crippen LogP contribution >= 0.6 is 0 Å². The third-order valence-electron chi connectivity index (χ3n) is 3.41. The molecule has 0 spiro atoms. The summed E-state index contributed by atoms with van der Waals surface area (Å²) >= 11 is 0. The highest BCUT2D eigenvalue weighted by Gasteiger charge is 2.04. The minimum atomic E-state index is -0.263. The number of hydrogen-bond acceptors (Lipinski definition) is 2. The standard InChI is InChI=1S/C18H22FNO/c1-4-20-11-15-8-17(19)10-18(9-15)21-12-16-7-13(2)5-6-14(16)3/h5-10,20H,4,11-12H2,1-3H3. The zero-order chi connectivity index (χ0) is 15.2. The van der Waals surface area contributed by atoms with Crippen LogP contribution in [0.3, 0.4) is 0 Å². The number of nitrogens with one attached hydrogen (secondary N) is 1. The van der Waals surface area contributed by atoms with Crippen LogP contribution in [-0.4, -0.2) is 6.54 Å². The topological polar surface area (TPSA) is 21.3 Å². The summed E-state index contributed by atoms with van der Waals surface area (Å²) in [5, 5.41) is 3.19. The molecule has 2 nitrogen and oxygen atoms in total. The normalized spacial score (nSPS) is 10.7. The maximum Gasteiger partial charge on any atom is 0.127 e. The predicted molar refractivity (Wildman–Crippen MR) is 84.0 cm³/mol. The molecule has 0 heterocycles. The molecule has 0 atom stereocenters. The lowest BCUT2D eigenvalue weighted by Gasteiger charge is -2.11. The average Bonchev–Trinajstić information content (AvgIpc) is 2.45. The number of rotatable bonds is 6. The van der Waals surface area contributed by atoms with Crippen molar-refractivity contribution in [2.24, 2.45) is 0 Å². The lowest BCUT2D eigenvalue weighted by atomic mass is 10.1. The van der Waals surface area contributed by atoms with Crippen molar-refractivity contribution in [1.29, 1.82) is 0 Å². The molecule has 1 N–H and O–H groups in total. The number of ether oxygens (including phenoxy) is 1. The molecular formula is C18H22FNO. The van der Waals surface area contributed by atoms with Crippen LogP contribution in [0.1, 0.15) is 29.2 Å². The van der Waals surface area contributed by atoms with Gasteiger partial charge in [0.05, 0.1) is 0 Å². The number of halogens is 1. The van der Waals surface area contributed by atoms with Crippen LogP contribution in [0.15, 0.2) is 36.4 Å². The van der Waals surface area contributed by atoms with Crippen molar-refractivity contribution in [2.45, 2.75) is 33.9 Å². The Morgan fingerprint density at radius 3 is 2.67 bits per heavy atom. The van der Waals surface area contributed by atoms with Gasteiger partial charge in [0, 0.05) is 12.6 Å². The SMILES string of the molecule is CCNCc1cc(F)cc(OCc2cc(C)ccc2C)c1. The molecule has 21 heavy (non-hydrogen) atoms. The minimum absolute atomic E-state index is 0.263. The molecule has 2 aromatic rings. The first-order chi connectivity index (χ1) is 10.1. The Morgan fingerprint density at radius 2 is 1.90 bits per heavy atom. The van der Waals surface area contributed by atoms with Gasteiger partial charge in [-0.1, -0.05) is 30.7 Å². The molecule has 0 amide bonds. The van der Waals surface area contributed by atoms with Crippen molar-refractivity contribution in [2.75, 3.05) is 6.54 Å². The first kappa shape index (κ1) is 15.5. The van der Waals surface area contributed by atoms with E-state index in [1.165, 1.54) is 23.3 Å². The first-order valence-corrected chi connectivity index (χ1v) is 7.27. The van der Waals surface area contributed by atoms with Gasteiger partial charge in [0.15, 0.2) is 0 Å². The Morgan fingerprint density at radius 1 is 1.10 bits per heavy atom. The van der Waals surface area contributed by atoms with E-state index in [9.17, 15) is 4.39 Å². The van der Waals surface area contributed by atoms with E-state index in [-0.39, 0.29) is 5.82 Å². The van der Waals surface area contributed by atoms with E-state index in [0.29, 0.717) is 18.9 Å². The molecular weight excluding hydrogens is 265 g/mol. The molecule has 0 saturated heterocycles. The van der Waals surface area contributed by atoms with Gasteiger partial charge in [0.1, 0.15) is 18.2 Å². The lowest BCUT2D eigenvalue weighted by molar-refractivity contribution is 0.303. The molecule has 0 radical (unpaired) electrons. The van der Waals surface area contributed by atoms with Gasteiger partial charge >= 0.3 is 0 Å². The second kappa shape index (κ2) is 7.23. The van der Waals surface area contributed by atoms with Crippen LogP contribution in [-0.2, 0) is 13.2 Å². The average molecular weight is 287 g/mol. The fraction of sp³-hybridized carbons (Fsp3) is 0.333. The van der Waals surface area contributed by atoms with Gasteiger partial charge in [0.25, 0.3) is 0 Å². The van der Waals surface area contributed by atoms with Crippen LogP contribution < -0.4 is 10.1 Å². The van der Waals surface area contributed by atoms with Crippen LogP contribution in [0.4, 0.5) is 4.39 Å². The van der Waals surface area contributed by atoms with Gasteiger partial charge in [-0.15, -0.1) is 0 Å². The summed E-state index contributed by atoms with van der Waals surface area (Å²) in [6, 6.07) is 11.1. The molecule has 0 saturated carbocycles. The summed E-state index contributed by atoms with van der Waals surface area (Å²) in [5.74, 6) is 0.310. The van der Waals surface area contributed by atoms with Crippen molar-refractivity contribution < 1.29 is 9.13 Å². The second-order valence-electron chi connectivity index (χ2n) is 5.29. The molecule has 0 bridgehead atoms. The molecule has 112 valence electrons. The Labute approximate surface area is 126 Å². The van der Waals surface area contributed by atoms with E-state index in [2.05, 4.69) is 37.4 Å². The maximum atomic E-state index is 13.6. The summed E-state index contributed by atoms with van der Waals surface area (Å²) in [7, 11) is 0. The second-order valence-corrected chi connectivity index (χ2v) is 5.29. The largest absolute Gasteiger partial charge is 0.489 e. The summed E-state index contributed by atoms with van der Waals surface area (Å²) in [6.07, 6.45) is 0. The third kappa shape index (κ3) is 4.57. The first-order valence-electron chi connectivity index (χ1n) is 7.27. The highest BCUT2D eigenvalue weighted by molar-refractivity contribution is 5.32. The van der Waals surface area contributed by atoms with Crippen molar-refractivity contribution >= 4 is 0 Å². The molecule has 0 aliphatic carbocycles. The molecule has 0 aromatic heterocycles. The van der Waals surface area contributed by atoms with E-state index in [0.717, 1.165) is 17.7 Å². The van der Waals surface area contributed by atoms with Crippen LogP contribution in [0, 0.1) is 19.7 Å². The predicted octanol–water partition coefficient (Wildman–Crippen LogP) is 4.13. The Hall–Kier alpha value is -1.87. The monoisotopic (exact) mass is 287 g/mol. The molecule has 0 aliphatic heterocycles. The third-order valence-corrected chi connectivity index (χ3v) is 3.41. The molecule has 0 unspecified atom stereocenters. The molecule has 0 fully saturated rings. The number of benzene rings is 2. The highest BCUT2D eigenvalue weighted by atomic mass is 19.1. The van der Waals surface area contributed by atoms with E-state index < -0.39 is 0 Å². The van der Waals surface area contributed by atoms with Crippen molar-refractivity contribution in [3.8, 4) is 5.75 Å². The summed E-state index contributed by atoms with van der Waals surface area (Å²) < 4.78 is 19.4. The van der Waals surface area contributed by atoms with Crippen LogP contribution in [0.5, 0.6) is 5.75 Å². The lowest BCUT2D eigenvalue weighted by Crippen LogP contribution is -2.12. The Kier molecular flexibility index (Phi) is 5.34. The molecule has 2 aromatic carbocycles. The highest BCUT2D eigenvalue weighted by Crippen LogP contribution is 2.19. The molecule has 2 rings (SSSR count). The minimum Gasteiger partial charge on any atom is -0.489 e. The van der Waals surface area contributed by atoms with Gasteiger partial charge in [-0.3, -0.25) is 0 Å². The van der Waals surface area contributed by atoms with Gasteiger partial charge in [0.2, 0.25) is 0 Å². The van der Waals surface area contributed by atoms with Gasteiger partial charge in [-0.2, -0.15) is 0 Å². The van der Waals surface area contributed by atoms with Crippen LogP contribution in [0.2, 0.25) is 0 Å². The van der Waals surface area contributed by atoms with E-state index in [1.54, 1.807) is 0 Å². The maximum absolute atomic E-state index is 13.6. The fourth-order valence-electron chi connectivity index (χ4n) is 2.19. The zero-order valence-electron chi connectivity index (χ0n) is 12.9. The van der Waals surface area contributed by atoms with Crippen molar-refractivity contribution in [1.82, 2.24) is 5.32 Å². The van der Waals surface area contributed by atoms with E-state index in [1.807, 2.05) is 13.0 Å². The Balaban J connectivity index is 2.08. The van der Waals surface area contributed by atoms with Crippen molar-refractivity contribution in [3.63, 3.8) is 0 Å².